The molecule has 1 aliphatic heterocycles. The van der Waals surface area contributed by atoms with Crippen LogP contribution in [0.4, 0.5) is 24.8 Å². The molecule has 3 aromatic rings. The monoisotopic (exact) mass is 653 g/mol. The number of methoxy groups -OCH3 is 1. The fourth-order valence-corrected chi connectivity index (χ4v) is 4.69. The lowest BCUT2D eigenvalue weighted by atomic mass is 9.84. The van der Waals surface area contributed by atoms with Crippen LogP contribution in [0, 0.1) is 0 Å². The standard InChI is InChI=1S/C28H38N5O6.C2HF3O2/c1-7-38-23-15-24-32(16-19(23)26(35)39-8-2)27(29)30-33(24)17-22(34)18-13-20(28(3,4)5)25(36-6)21(14-18)31-9-11-37-12-10-31;3-2(4,5)1(6)7/h13-16H,7-12,17H2,1-6H3,(H2,29,30);(H,6,7)/q+1;/p-1. The number of benzene rings is 1. The van der Waals surface area contributed by atoms with Crippen LogP contribution in [0.25, 0.3) is 5.65 Å². The number of carboxylic acids is 1. The van der Waals surface area contributed by atoms with Crippen LogP contribution in [0.2, 0.25) is 0 Å². The minimum atomic E-state index is -5.19. The van der Waals surface area contributed by atoms with Gasteiger partial charge in [0.15, 0.2) is 12.3 Å². The SMILES string of the molecule is CCOC(=O)c1c[n+]2c(N)nn(CC(=O)c3cc(N4CCOCC4)c(OC)c(C(C)(C)C)c3)c2cc1OCC.O=C([O-])C(F)(F)F. The molecule has 0 unspecified atom stereocenters. The first-order valence-electron chi connectivity index (χ1n) is 14.4. The Labute approximate surface area is 263 Å². The topological polar surface area (TPSA) is 162 Å². The molecule has 0 radical (unpaired) electrons. The van der Waals surface area contributed by atoms with Gasteiger partial charge in [-0.15, -0.1) is 4.68 Å². The number of aromatic nitrogens is 3. The number of pyridine rings is 1. The Balaban J connectivity index is 0.000000738. The second-order valence-electron chi connectivity index (χ2n) is 11.1. The van der Waals surface area contributed by atoms with Gasteiger partial charge in [0.2, 0.25) is 5.65 Å². The minimum absolute atomic E-state index is 0.0660. The van der Waals surface area contributed by atoms with Crippen LogP contribution < -0.4 is 29.6 Å². The Morgan fingerprint density at radius 3 is 2.24 bits per heavy atom. The third-order valence-corrected chi connectivity index (χ3v) is 6.84. The number of carbonyl (C=O) groups excluding carboxylic acids is 3. The van der Waals surface area contributed by atoms with Gasteiger partial charge in [-0.05, 0) is 31.4 Å². The number of esters is 1. The average molecular weight is 654 g/mol. The highest BCUT2D eigenvalue weighted by molar-refractivity contribution is 5.98. The van der Waals surface area contributed by atoms with Crippen LogP contribution in [0.15, 0.2) is 24.4 Å². The number of nitrogens with two attached hydrogens (primary N) is 1. The third kappa shape index (κ3) is 8.35. The molecule has 1 saturated heterocycles. The summed E-state index contributed by atoms with van der Waals surface area (Å²) in [5.41, 5.74) is 9.02. The zero-order valence-corrected chi connectivity index (χ0v) is 26.5. The van der Waals surface area contributed by atoms with E-state index in [9.17, 15) is 22.8 Å². The summed E-state index contributed by atoms with van der Waals surface area (Å²) in [6, 6.07) is 5.44. The molecule has 0 amide bonds. The molecule has 1 aliphatic rings. The van der Waals surface area contributed by atoms with Crippen molar-refractivity contribution < 1.29 is 56.0 Å². The number of carboxylic acid groups (broad SMARTS) is 1. The number of ketones is 1. The van der Waals surface area contributed by atoms with E-state index in [4.69, 9.17) is 34.6 Å². The van der Waals surface area contributed by atoms with Gasteiger partial charge in [-0.25, -0.2) is 4.79 Å². The smallest absolute Gasteiger partial charge is 0.430 e. The number of carbonyl (C=O) groups is 3. The molecule has 2 N–H and O–H groups in total. The summed E-state index contributed by atoms with van der Waals surface area (Å²) in [5.74, 6) is -2.45. The summed E-state index contributed by atoms with van der Waals surface area (Å²) in [5, 5.41) is 13.2. The highest BCUT2D eigenvalue weighted by atomic mass is 19.4. The fourth-order valence-electron chi connectivity index (χ4n) is 4.69. The summed E-state index contributed by atoms with van der Waals surface area (Å²) in [7, 11) is 1.66. The van der Waals surface area contributed by atoms with Crippen LogP contribution in [-0.2, 0) is 26.2 Å². The number of fused-ring (bicyclic) bond motifs is 1. The Morgan fingerprint density at radius 1 is 1.09 bits per heavy atom. The second kappa shape index (κ2) is 14.7. The van der Waals surface area contributed by atoms with Gasteiger partial charge in [-0.3, -0.25) is 4.79 Å². The molecule has 13 nitrogen and oxygen atoms in total. The van der Waals surface area contributed by atoms with Gasteiger partial charge < -0.3 is 39.5 Å². The zero-order valence-electron chi connectivity index (χ0n) is 26.5. The van der Waals surface area contributed by atoms with E-state index in [2.05, 4.69) is 30.8 Å². The van der Waals surface area contributed by atoms with E-state index < -0.39 is 18.1 Å². The Kier molecular flexibility index (Phi) is 11.4. The molecular formula is C30H38F3N5O8. The molecule has 0 bridgehead atoms. The molecule has 252 valence electrons. The number of ether oxygens (including phenoxy) is 4. The van der Waals surface area contributed by atoms with Gasteiger partial charge in [0, 0.05) is 35.4 Å². The summed E-state index contributed by atoms with van der Waals surface area (Å²) >= 11 is 0. The Bertz CT molecular complexity index is 1580. The largest absolute Gasteiger partial charge is 0.542 e. The minimum Gasteiger partial charge on any atom is -0.542 e. The van der Waals surface area contributed by atoms with Crippen LogP contribution in [-0.4, -0.2) is 80.3 Å². The molecule has 0 aliphatic carbocycles. The van der Waals surface area contributed by atoms with Crippen LogP contribution in [0.1, 0.15) is 60.9 Å². The molecule has 0 atom stereocenters. The quantitative estimate of drug-likeness (QED) is 0.205. The van der Waals surface area contributed by atoms with Crippen LogP contribution in [0.5, 0.6) is 11.5 Å². The number of aliphatic carboxylic acids is 1. The molecule has 2 aromatic heterocycles. The Hall–Kier alpha value is -4.60. The molecule has 16 heteroatoms. The number of nitrogen functional groups attached to an aromatic ring is 1. The van der Waals surface area contributed by atoms with Gasteiger partial charge in [-0.2, -0.15) is 17.6 Å². The van der Waals surface area contributed by atoms with Crippen molar-refractivity contribution in [1.29, 1.82) is 0 Å². The van der Waals surface area contributed by atoms with E-state index in [0.29, 0.717) is 49.9 Å². The lowest BCUT2D eigenvalue weighted by Gasteiger charge is -2.33. The number of nitrogens with zero attached hydrogens (tertiary/aromatic N) is 4. The predicted molar refractivity (Wildman–Crippen MR) is 157 cm³/mol. The van der Waals surface area contributed by atoms with Crippen molar-refractivity contribution in [3.63, 3.8) is 0 Å². The molecule has 0 saturated carbocycles. The molecule has 4 rings (SSSR count). The van der Waals surface area contributed by atoms with Gasteiger partial charge in [0.1, 0.15) is 23.0 Å². The maximum atomic E-state index is 13.8. The van der Waals surface area contributed by atoms with Crippen molar-refractivity contribution in [3.05, 3.63) is 41.1 Å². The zero-order chi connectivity index (χ0) is 34.4. The summed E-state index contributed by atoms with van der Waals surface area (Å²) in [6.45, 7) is 13.0. The maximum absolute atomic E-state index is 13.8. The van der Waals surface area contributed by atoms with Crippen molar-refractivity contribution >= 4 is 35.0 Å². The number of hydrogen-bond donors (Lipinski definition) is 1. The molecule has 1 aromatic carbocycles. The van der Waals surface area contributed by atoms with Gasteiger partial charge >= 0.3 is 18.1 Å². The molecule has 1 fully saturated rings. The van der Waals surface area contributed by atoms with Gasteiger partial charge in [0.05, 0.1) is 45.4 Å². The Morgan fingerprint density at radius 2 is 1.72 bits per heavy atom. The van der Waals surface area contributed by atoms with E-state index in [1.807, 2.05) is 19.1 Å². The molecule has 0 spiro atoms. The van der Waals surface area contributed by atoms with Crippen molar-refractivity contribution in [3.8, 4) is 11.5 Å². The summed E-state index contributed by atoms with van der Waals surface area (Å²) in [6.07, 6.45) is -3.66. The second-order valence-corrected chi connectivity index (χ2v) is 11.1. The number of rotatable bonds is 9. The fraction of sp³-hybridized carbons (Fsp3) is 0.500. The van der Waals surface area contributed by atoms with E-state index in [1.54, 1.807) is 24.5 Å². The summed E-state index contributed by atoms with van der Waals surface area (Å²) in [4.78, 5) is 37.3. The number of morpholine rings is 1. The van der Waals surface area contributed by atoms with E-state index >= 15 is 0 Å². The molecule has 3 heterocycles. The van der Waals surface area contributed by atoms with Crippen LogP contribution in [0.3, 0.4) is 0 Å². The first-order chi connectivity index (χ1) is 21.5. The summed E-state index contributed by atoms with van der Waals surface area (Å²) < 4.78 is 56.9. The van der Waals surface area contributed by atoms with Crippen molar-refractivity contribution in [2.75, 3.05) is 57.3 Å². The predicted octanol–water partition coefficient (Wildman–Crippen LogP) is 2.10. The lowest BCUT2D eigenvalue weighted by Crippen LogP contribution is -2.37. The van der Waals surface area contributed by atoms with Gasteiger partial charge in [0.25, 0.3) is 0 Å². The number of halogens is 3. The maximum Gasteiger partial charge on any atom is 0.430 e. The first-order valence-corrected chi connectivity index (χ1v) is 14.4. The number of anilines is 2. The van der Waals surface area contributed by atoms with Crippen LogP contribution >= 0.6 is 0 Å². The number of hydrogen-bond acceptors (Lipinski definition) is 11. The molecule has 46 heavy (non-hydrogen) atoms. The van der Waals surface area contributed by atoms with Crippen molar-refractivity contribution in [2.24, 2.45) is 0 Å². The number of Topliss-reactive ketones (excluding diaryl/α,β-unsaturated/α-hetero) is 1. The van der Waals surface area contributed by atoms with Crippen molar-refractivity contribution in [1.82, 2.24) is 9.78 Å². The first kappa shape index (κ1) is 35.9. The average Bonchev–Trinajstić information content (AvgIpc) is 3.29. The number of alkyl halides is 3. The lowest BCUT2D eigenvalue weighted by molar-refractivity contribution is -0.496. The van der Waals surface area contributed by atoms with E-state index in [1.165, 1.54) is 10.9 Å². The highest BCUT2D eigenvalue weighted by Crippen LogP contribution is 2.40. The third-order valence-electron chi connectivity index (χ3n) is 6.84. The van der Waals surface area contributed by atoms with Crippen molar-refractivity contribution in [2.45, 2.75) is 52.8 Å². The van der Waals surface area contributed by atoms with E-state index in [0.717, 1.165) is 17.0 Å². The normalized spacial score (nSPS) is 13.5. The molecular weight excluding hydrogens is 615 g/mol. The highest BCUT2D eigenvalue weighted by Gasteiger charge is 2.30. The van der Waals surface area contributed by atoms with Gasteiger partial charge in [-0.1, -0.05) is 20.8 Å². The van der Waals surface area contributed by atoms with E-state index in [-0.39, 0.29) is 35.9 Å².